The predicted octanol–water partition coefficient (Wildman–Crippen LogP) is 7.98. The molecule has 42 heavy (non-hydrogen) atoms. The summed E-state index contributed by atoms with van der Waals surface area (Å²) in [7, 11) is 1.58. The summed E-state index contributed by atoms with van der Waals surface area (Å²) < 4.78 is 12.5. The summed E-state index contributed by atoms with van der Waals surface area (Å²) in [5.74, 6) is 0.494. The van der Waals surface area contributed by atoms with Gasteiger partial charge in [0.05, 0.1) is 12.1 Å². The van der Waals surface area contributed by atoms with Crippen LogP contribution in [0.4, 0.5) is 5.82 Å². The smallest absolute Gasteiger partial charge is 0.255 e. The molecule has 2 heterocycles. The first-order valence-electron chi connectivity index (χ1n) is 13.4. The molecule has 0 fully saturated rings. The van der Waals surface area contributed by atoms with Crippen molar-refractivity contribution in [3.8, 4) is 11.5 Å². The van der Waals surface area contributed by atoms with Crippen LogP contribution in [0.25, 0.3) is 0 Å². The van der Waals surface area contributed by atoms with Gasteiger partial charge in [-0.2, -0.15) is 0 Å². The van der Waals surface area contributed by atoms with E-state index in [0.29, 0.717) is 57.0 Å². The Bertz CT molecular complexity index is 1630. The number of ether oxygens (including phenoxy) is 2. The van der Waals surface area contributed by atoms with E-state index in [9.17, 15) is 9.59 Å². The second-order valence-corrected chi connectivity index (χ2v) is 12.9. The summed E-state index contributed by atoms with van der Waals surface area (Å²) >= 11 is 15.9. The number of hydrogen-bond acceptors (Lipinski definition) is 6. The highest BCUT2D eigenvalue weighted by molar-refractivity contribution is 9.10. The zero-order chi connectivity index (χ0) is 30.2. The number of carbonyl (C=O) groups is 2. The van der Waals surface area contributed by atoms with Crippen LogP contribution < -0.4 is 20.1 Å². The van der Waals surface area contributed by atoms with Gasteiger partial charge in [-0.25, -0.2) is 4.98 Å². The van der Waals surface area contributed by atoms with Crippen LogP contribution in [-0.4, -0.2) is 23.8 Å². The van der Waals surface area contributed by atoms with E-state index in [2.05, 4.69) is 45.4 Å². The summed E-state index contributed by atoms with van der Waals surface area (Å²) in [6.45, 7) is 6.15. The minimum absolute atomic E-state index is 0.0117. The number of methoxy groups -OCH3 is 1. The van der Waals surface area contributed by atoms with E-state index in [1.165, 1.54) is 0 Å². The molecular formula is C32H30BrCl2N3O4. The Morgan fingerprint density at radius 3 is 2.64 bits per heavy atom. The number of benzene rings is 2. The first-order chi connectivity index (χ1) is 20.0. The van der Waals surface area contributed by atoms with Crippen LogP contribution in [0.3, 0.4) is 0 Å². The fourth-order valence-corrected chi connectivity index (χ4v) is 6.13. The molecule has 218 valence electrons. The molecule has 2 aromatic carbocycles. The fraction of sp³-hybridized carbons (Fsp3) is 0.281. The number of pyridine rings is 1. The number of Topliss-reactive ketones (excluding diaryl/α,β-unsaturated/α-hetero) is 1. The Morgan fingerprint density at radius 1 is 1.14 bits per heavy atom. The molecule has 0 bridgehead atoms. The second-order valence-electron chi connectivity index (χ2n) is 11.2. The number of halogens is 3. The van der Waals surface area contributed by atoms with E-state index in [-0.39, 0.29) is 23.7 Å². The van der Waals surface area contributed by atoms with E-state index in [0.717, 1.165) is 21.3 Å². The molecule has 1 unspecified atom stereocenters. The van der Waals surface area contributed by atoms with Crippen LogP contribution in [0.5, 0.6) is 11.5 Å². The number of hydrogen-bond donors (Lipinski definition) is 2. The van der Waals surface area contributed by atoms with Gasteiger partial charge in [-0.15, -0.1) is 0 Å². The van der Waals surface area contributed by atoms with E-state index in [4.69, 9.17) is 32.7 Å². The monoisotopic (exact) mass is 669 g/mol. The lowest BCUT2D eigenvalue weighted by molar-refractivity contribution is -0.118. The second kappa shape index (κ2) is 12.1. The number of anilines is 1. The highest BCUT2D eigenvalue weighted by atomic mass is 79.9. The first kappa shape index (κ1) is 30.1. The third kappa shape index (κ3) is 6.21. The van der Waals surface area contributed by atoms with Gasteiger partial charge in [0.1, 0.15) is 28.9 Å². The molecule has 5 rings (SSSR count). The Morgan fingerprint density at radius 2 is 1.93 bits per heavy atom. The summed E-state index contributed by atoms with van der Waals surface area (Å²) in [6.07, 6.45) is 2.68. The summed E-state index contributed by atoms with van der Waals surface area (Å²) in [4.78, 5) is 31.9. The minimum atomic E-state index is -0.611. The maximum absolute atomic E-state index is 13.9. The van der Waals surface area contributed by atoms with Gasteiger partial charge >= 0.3 is 0 Å². The number of allylic oxidation sites excluding steroid dienone is 3. The molecule has 1 aromatic heterocycles. The number of carbonyl (C=O) groups excluding carboxylic acids is 2. The molecular weight excluding hydrogens is 641 g/mol. The minimum Gasteiger partial charge on any atom is -0.496 e. The Hall–Kier alpha value is -3.33. The Kier molecular flexibility index (Phi) is 8.69. The fourth-order valence-electron chi connectivity index (χ4n) is 5.55. The number of nitrogens with zero attached hydrogens (tertiary/aromatic N) is 1. The summed E-state index contributed by atoms with van der Waals surface area (Å²) in [6, 6.07) is 14.3. The molecule has 2 aliphatic rings. The van der Waals surface area contributed by atoms with Crippen LogP contribution in [0.2, 0.25) is 10.0 Å². The topological polar surface area (TPSA) is 89.5 Å². The third-order valence-corrected chi connectivity index (χ3v) is 8.66. The lowest BCUT2D eigenvalue weighted by Crippen LogP contribution is -2.39. The standard InChI is InChI=1S/C32H30BrCl2N3O4/c1-17-27(31(40)38-26-11-9-20(33)15-36-26)28(29-22(37-17)13-32(2,3)14-23(29)39)18-8-10-24(41-4)19(12-18)16-42-25-7-5-6-21(34)30(25)35/h5-12,15,28,37H,13-14,16H2,1-4H3,(H,36,38,40). The number of aromatic nitrogens is 1. The largest absolute Gasteiger partial charge is 0.496 e. The average molecular weight is 671 g/mol. The van der Waals surface area contributed by atoms with Gasteiger partial charge in [0.2, 0.25) is 0 Å². The van der Waals surface area contributed by atoms with Crippen molar-refractivity contribution in [1.29, 1.82) is 0 Å². The van der Waals surface area contributed by atoms with E-state index >= 15 is 0 Å². The van der Waals surface area contributed by atoms with Crippen LogP contribution in [0.1, 0.15) is 50.7 Å². The highest BCUT2D eigenvalue weighted by Crippen LogP contribution is 2.47. The number of nitrogens with one attached hydrogen (secondary N) is 2. The molecule has 2 N–H and O–H groups in total. The van der Waals surface area contributed by atoms with Crippen LogP contribution >= 0.6 is 39.1 Å². The quantitative estimate of drug-likeness (QED) is 0.265. The van der Waals surface area contributed by atoms with Gasteiger partial charge in [-0.1, -0.05) is 49.2 Å². The number of ketones is 1. The van der Waals surface area contributed by atoms with Gasteiger partial charge in [0, 0.05) is 51.1 Å². The normalized spacial score (nSPS) is 17.9. The third-order valence-electron chi connectivity index (χ3n) is 7.39. The van der Waals surface area contributed by atoms with Gasteiger partial charge < -0.3 is 20.1 Å². The average Bonchev–Trinajstić information content (AvgIpc) is 2.93. The number of rotatable bonds is 7. The molecule has 1 aliphatic carbocycles. The van der Waals surface area contributed by atoms with Crippen molar-refractivity contribution >= 4 is 56.6 Å². The van der Waals surface area contributed by atoms with E-state index in [1.807, 2.05) is 25.1 Å². The Balaban J connectivity index is 1.57. The molecule has 3 aromatic rings. The molecule has 0 radical (unpaired) electrons. The molecule has 1 atom stereocenters. The number of amides is 1. The molecule has 0 saturated carbocycles. The van der Waals surface area contributed by atoms with E-state index < -0.39 is 5.92 Å². The maximum atomic E-state index is 13.9. The van der Waals surface area contributed by atoms with Crippen molar-refractivity contribution in [3.63, 3.8) is 0 Å². The highest BCUT2D eigenvalue weighted by Gasteiger charge is 2.43. The van der Waals surface area contributed by atoms with Gasteiger partial charge in [0.25, 0.3) is 5.91 Å². The molecule has 1 amide bonds. The SMILES string of the molecule is COc1ccc(C2C(C(=O)Nc3ccc(Br)cn3)=C(C)NC3=C2C(=O)CC(C)(C)C3)cc1COc1cccc(Cl)c1Cl. The summed E-state index contributed by atoms with van der Waals surface area (Å²) in [5.41, 5.74) is 3.85. The lowest BCUT2D eigenvalue weighted by atomic mass is 9.68. The molecule has 0 saturated heterocycles. The van der Waals surface area contributed by atoms with E-state index in [1.54, 1.807) is 43.6 Å². The van der Waals surface area contributed by atoms with Crippen molar-refractivity contribution in [1.82, 2.24) is 10.3 Å². The van der Waals surface area contributed by atoms with Crippen molar-refractivity contribution in [3.05, 3.63) is 103 Å². The van der Waals surface area contributed by atoms with Crippen molar-refractivity contribution in [2.24, 2.45) is 5.41 Å². The van der Waals surface area contributed by atoms with Crippen LogP contribution in [-0.2, 0) is 16.2 Å². The van der Waals surface area contributed by atoms with Gasteiger partial charge in [-0.3, -0.25) is 9.59 Å². The number of dihydropyridines is 1. The first-order valence-corrected chi connectivity index (χ1v) is 14.9. The summed E-state index contributed by atoms with van der Waals surface area (Å²) in [5, 5.41) is 7.02. The zero-order valence-corrected chi connectivity index (χ0v) is 26.7. The molecule has 7 nitrogen and oxygen atoms in total. The zero-order valence-electron chi connectivity index (χ0n) is 23.6. The van der Waals surface area contributed by atoms with Crippen LogP contribution in [0, 0.1) is 5.41 Å². The molecule has 1 aliphatic heterocycles. The molecule has 0 spiro atoms. The predicted molar refractivity (Wildman–Crippen MR) is 168 cm³/mol. The lowest BCUT2D eigenvalue weighted by Gasteiger charge is -2.39. The van der Waals surface area contributed by atoms with Gasteiger partial charge in [0.15, 0.2) is 5.78 Å². The maximum Gasteiger partial charge on any atom is 0.255 e. The van der Waals surface area contributed by atoms with Crippen LogP contribution in [0.15, 0.2) is 81.7 Å². The Labute approximate surface area is 263 Å². The van der Waals surface area contributed by atoms with Crippen molar-refractivity contribution in [2.45, 2.75) is 46.1 Å². The molecule has 10 heteroatoms. The van der Waals surface area contributed by atoms with Crippen molar-refractivity contribution < 1.29 is 19.1 Å². The van der Waals surface area contributed by atoms with Gasteiger partial charge in [-0.05, 0) is 76.7 Å². The van der Waals surface area contributed by atoms with Crippen molar-refractivity contribution in [2.75, 3.05) is 12.4 Å².